The van der Waals surface area contributed by atoms with Gasteiger partial charge in [0.2, 0.25) is 0 Å². The molecule has 0 aliphatic heterocycles. The lowest BCUT2D eigenvalue weighted by Gasteiger charge is -2.19. The third-order valence-electron chi connectivity index (χ3n) is 5.26. The van der Waals surface area contributed by atoms with E-state index in [0.29, 0.717) is 6.61 Å². The van der Waals surface area contributed by atoms with E-state index in [1.54, 1.807) is 11.3 Å². The van der Waals surface area contributed by atoms with Crippen LogP contribution in [0.1, 0.15) is 22.3 Å². The second kappa shape index (κ2) is 7.99. The number of benzene rings is 2. The first-order chi connectivity index (χ1) is 13.6. The molecule has 2 heterocycles. The Bertz CT molecular complexity index is 1080. The predicted octanol–water partition coefficient (Wildman–Crippen LogP) is 6.98. The summed E-state index contributed by atoms with van der Waals surface area (Å²) in [6, 6.07) is 16.6. The van der Waals surface area contributed by atoms with Crippen LogP contribution in [0.2, 0.25) is 0 Å². The van der Waals surface area contributed by atoms with Gasteiger partial charge in [0.25, 0.3) is 0 Å². The summed E-state index contributed by atoms with van der Waals surface area (Å²) in [6.45, 7) is 7.09. The Morgan fingerprint density at radius 1 is 0.893 bits per heavy atom. The molecule has 0 saturated carbocycles. The molecule has 0 aliphatic rings. The van der Waals surface area contributed by atoms with Crippen molar-refractivity contribution in [2.24, 2.45) is 0 Å². The van der Waals surface area contributed by atoms with E-state index in [4.69, 9.17) is 4.74 Å². The van der Waals surface area contributed by atoms with Crippen LogP contribution in [0.5, 0.6) is 5.75 Å². The smallest absolute Gasteiger partial charge is 0.128 e. The van der Waals surface area contributed by atoms with Crippen molar-refractivity contribution >= 4 is 11.3 Å². The van der Waals surface area contributed by atoms with E-state index in [-0.39, 0.29) is 0 Å². The van der Waals surface area contributed by atoms with Crippen molar-refractivity contribution in [3.8, 4) is 28.0 Å². The molecule has 0 radical (unpaired) electrons. The minimum absolute atomic E-state index is 0.558. The van der Waals surface area contributed by atoms with E-state index in [9.17, 15) is 0 Å². The number of hydrogen-bond donors (Lipinski definition) is 0. The number of nitrogens with zero attached hydrogens (tertiary/aromatic N) is 1. The topological polar surface area (TPSA) is 22.1 Å². The third-order valence-corrected chi connectivity index (χ3v) is 6.01. The van der Waals surface area contributed by atoms with Gasteiger partial charge in [-0.15, -0.1) is 0 Å². The molecule has 2 aromatic heterocycles. The number of aromatic nitrogens is 1. The van der Waals surface area contributed by atoms with Crippen molar-refractivity contribution in [3.63, 3.8) is 0 Å². The molecule has 4 rings (SSSR count). The van der Waals surface area contributed by atoms with Crippen molar-refractivity contribution in [3.05, 3.63) is 93.9 Å². The third kappa shape index (κ3) is 3.58. The number of thiophene rings is 1. The molecule has 0 atom stereocenters. The zero-order chi connectivity index (χ0) is 19.5. The molecule has 2 aromatic carbocycles. The molecule has 0 amide bonds. The molecular formula is C25H23NOS. The summed E-state index contributed by atoms with van der Waals surface area (Å²) in [5.74, 6) is 0.938. The van der Waals surface area contributed by atoms with Crippen molar-refractivity contribution in [1.29, 1.82) is 0 Å². The molecule has 0 N–H and O–H groups in total. The Balaban J connectivity index is 1.81. The van der Waals surface area contributed by atoms with Gasteiger partial charge in [-0.25, -0.2) is 0 Å². The average Bonchev–Trinajstić information content (AvgIpc) is 3.21. The van der Waals surface area contributed by atoms with Crippen LogP contribution < -0.4 is 4.74 Å². The second-order valence-electron chi connectivity index (χ2n) is 7.03. The van der Waals surface area contributed by atoms with E-state index in [1.165, 1.54) is 38.9 Å². The van der Waals surface area contributed by atoms with E-state index in [2.05, 4.69) is 60.8 Å². The monoisotopic (exact) mass is 385 g/mol. The van der Waals surface area contributed by atoms with Crippen LogP contribution in [-0.2, 0) is 6.61 Å². The summed E-state index contributed by atoms with van der Waals surface area (Å²) in [7, 11) is 0. The maximum atomic E-state index is 6.34. The van der Waals surface area contributed by atoms with Crippen LogP contribution in [0, 0.1) is 20.8 Å². The maximum absolute atomic E-state index is 6.34. The fourth-order valence-electron chi connectivity index (χ4n) is 3.47. The van der Waals surface area contributed by atoms with E-state index >= 15 is 0 Å². The van der Waals surface area contributed by atoms with Gasteiger partial charge in [-0.2, -0.15) is 11.3 Å². The van der Waals surface area contributed by atoms with Crippen molar-refractivity contribution in [2.75, 3.05) is 0 Å². The molecule has 0 spiro atoms. The van der Waals surface area contributed by atoms with Crippen molar-refractivity contribution in [2.45, 2.75) is 27.4 Å². The van der Waals surface area contributed by atoms with E-state index < -0.39 is 0 Å². The number of hydrogen-bond acceptors (Lipinski definition) is 3. The lowest BCUT2D eigenvalue weighted by atomic mass is 9.91. The molecule has 0 bridgehead atoms. The van der Waals surface area contributed by atoms with Gasteiger partial charge in [0, 0.05) is 34.6 Å². The Kier molecular flexibility index (Phi) is 5.27. The highest BCUT2D eigenvalue weighted by atomic mass is 32.1. The minimum Gasteiger partial charge on any atom is -0.488 e. The van der Waals surface area contributed by atoms with Gasteiger partial charge < -0.3 is 4.74 Å². The SMILES string of the molecule is Cc1cc(OCc2ccccc2)c(-c2cscc2-c2cccnc2)c(C)c1C. The van der Waals surface area contributed by atoms with E-state index in [1.807, 2.05) is 36.7 Å². The standard InChI is InChI=1S/C25H23NOS/c1-17-12-24(27-14-20-8-5-4-6-9-20)25(19(3)18(17)2)23-16-28-15-22(23)21-10-7-11-26-13-21/h4-13,15-16H,14H2,1-3H3. The van der Waals surface area contributed by atoms with Crippen molar-refractivity contribution in [1.82, 2.24) is 4.98 Å². The van der Waals surface area contributed by atoms with Gasteiger partial charge in [0.15, 0.2) is 0 Å². The summed E-state index contributed by atoms with van der Waals surface area (Å²) >= 11 is 1.71. The normalized spacial score (nSPS) is 10.8. The summed E-state index contributed by atoms with van der Waals surface area (Å²) in [5, 5.41) is 4.41. The molecule has 0 saturated heterocycles. The van der Waals surface area contributed by atoms with Crippen LogP contribution in [0.25, 0.3) is 22.3 Å². The Labute approximate surface area is 170 Å². The second-order valence-corrected chi connectivity index (χ2v) is 7.78. The molecule has 2 nitrogen and oxygen atoms in total. The molecule has 140 valence electrons. The van der Waals surface area contributed by atoms with Gasteiger partial charge >= 0.3 is 0 Å². The van der Waals surface area contributed by atoms with Crippen LogP contribution in [0.15, 0.2) is 71.7 Å². The molecular weight excluding hydrogens is 362 g/mol. The summed E-state index contributed by atoms with van der Waals surface area (Å²) in [4.78, 5) is 4.30. The summed E-state index contributed by atoms with van der Waals surface area (Å²) < 4.78 is 6.34. The van der Waals surface area contributed by atoms with Crippen LogP contribution in [0.4, 0.5) is 0 Å². The van der Waals surface area contributed by atoms with Crippen LogP contribution in [-0.4, -0.2) is 4.98 Å². The largest absolute Gasteiger partial charge is 0.488 e. The van der Waals surface area contributed by atoms with Gasteiger partial charge in [-0.3, -0.25) is 4.98 Å². The number of rotatable bonds is 5. The molecule has 3 heteroatoms. The van der Waals surface area contributed by atoms with Crippen molar-refractivity contribution < 1.29 is 4.74 Å². The molecule has 0 unspecified atom stereocenters. The lowest BCUT2D eigenvalue weighted by Crippen LogP contribution is -2.01. The Morgan fingerprint density at radius 2 is 1.68 bits per heavy atom. The van der Waals surface area contributed by atoms with Gasteiger partial charge in [-0.1, -0.05) is 36.4 Å². The fraction of sp³-hybridized carbons (Fsp3) is 0.160. The first-order valence-corrected chi connectivity index (χ1v) is 10.3. The van der Waals surface area contributed by atoms with Gasteiger partial charge in [0.05, 0.1) is 0 Å². The quantitative estimate of drug-likeness (QED) is 0.370. The maximum Gasteiger partial charge on any atom is 0.128 e. The molecule has 4 aromatic rings. The zero-order valence-corrected chi connectivity index (χ0v) is 17.2. The van der Waals surface area contributed by atoms with Gasteiger partial charge in [0.1, 0.15) is 12.4 Å². The highest BCUT2D eigenvalue weighted by Crippen LogP contribution is 2.43. The minimum atomic E-state index is 0.558. The first kappa shape index (κ1) is 18.5. The lowest BCUT2D eigenvalue weighted by molar-refractivity contribution is 0.307. The molecule has 0 aliphatic carbocycles. The average molecular weight is 386 g/mol. The molecule has 0 fully saturated rings. The number of aryl methyl sites for hydroxylation is 1. The highest BCUT2D eigenvalue weighted by molar-refractivity contribution is 7.08. The van der Waals surface area contributed by atoms with E-state index in [0.717, 1.165) is 11.3 Å². The number of pyridine rings is 1. The zero-order valence-electron chi connectivity index (χ0n) is 16.4. The highest BCUT2D eigenvalue weighted by Gasteiger charge is 2.18. The van der Waals surface area contributed by atoms with Gasteiger partial charge in [-0.05, 0) is 65.9 Å². The number of ether oxygens (including phenoxy) is 1. The fourth-order valence-corrected chi connectivity index (χ4v) is 4.31. The van der Waals surface area contributed by atoms with Crippen LogP contribution >= 0.6 is 11.3 Å². The summed E-state index contributed by atoms with van der Waals surface area (Å²) in [5.41, 5.74) is 9.72. The molecule has 28 heavy (non-hydrogen) atoms. The summed E-state index contributed by atoms with van der Waals surface area (Å²) in [6.07, 6.45) is 3.73. The Morgan fingerprint density at radius 3 is 2.43 bits per heavy atom. The van der Waals surface area contributed by atoms with Crippen LogP contribution in [0.3, 0.4) is 0 Å². The predicted molar refractivity (Wildman–Crippen MR) is 118 cm³/mol. The first-order valence-electron chi connectivity index (χ1n) is 9.39. The Hall–Kier alpha value is -2.91.